The molecule has 114 valence electrons. The predicted octanol–water partition coefficient (Wildman–Crippen LogP) is 2.26. The lowest BCUT2D eigenvalue weighted by Crippen LogP contribution is -2.43. The monoisotopic (exact) mass is 279 g/mol. The first-order chi connectivity index (χ1) is 9.40. The summed E-state index contributed by atoms with van der Waals surface area (Å²) in [5, 5.41) is 6.76. The molecule has 1 aromatic heterocycles. The fourth-order valence-corrected chi connectivity index (χ4v) is 1.87. The van der Waals surface area contributed by atoms with Gasteiger partial charge in [0.2, 0.25) is 0 Å². The molecule has 1 rings (SSSR count). The lowest BCUT2D eigenvalue weighted by Gasteiger charge is -2.23. The molecule has 5 heteroatoms. The van der Waals surface area contributed by atoms with Gasteiger partial charge in [0, 0.05) is 38.6 Å². The molecule has 0 radical (unpaired) electrons. The van der Waals surface area contributed by atoms with E-state index in [9.17, 15) is 0 Å². The number of rotatable bonds is 6. The molecule has 20 heavy (non-hydrogen) atoms. The summed E-state index contributed by atoms with van der Waals surface area (Å²) >= 11 is 0. The number of imidazole rings is 1. The van der Waals surface area contributed by atoms with Crippen LogP contribution in [0.2, 0.25) is 0 Å². The van der Waals surface area contributed by atoms with Gasteiger partial charge in [-0.15, -0.1) is 0 Å². The predicted molar refractivity (Wildman–Crippen MR) is 84.9 cm³/mol. The molecule has 0 aliphatic carbocycles. The number of hydrogen-bond acceptors (Lipinski definition) is 2. The zero-order valence-electron chi connectivity index (χ0n) is 13.5. The quantitative estimate of drug-likeness (QED) is 0.620. The zero-order chi connectivity index (χ0) is 15.0. The first-order valence-corrected chi connectivity index (χ1v) is 7.33. The van der Waals surface area contributed by atoms with E-state index in [1.165, 1.54) is 6.42 Å². The van der Waals surface area contributed by atoms with E-state index in [0.29, 0.717) is 11.5 Å². The van der Waals surface area contributed by atoms with E-state index in [1.807, 2.05) is 24.1 Å². The molecule has 0 fully saturated rings. The van der Waals surface area contributed by atoms with Crippen LogP contribution < -0.4 is 10.6 Å². The Bertz CT molecular complexity index is 389. The van der Waals surface area contributed by atoms with E-state index in [4.69, 9.17) is 0 Å². The van der Waals surface area contributed by atoms with Crippen LogP contribution in [-0.2, 0) is 6.54 Å². The minimum Gasteiger partial charge on any atom is -0.355 e. The van der Waals surface area contributed by atoms with Crippen LogP contribution in [0.25, 0.3) is 0 Å². The highest BCUT2D eigenvalue weighted by Crippen LogP contribution is 2.21. The van der Waals surface area contributed by atoms with Crippen molar-refractivity contribution in [2.75, 3.05) is 13.6 Å². The molecule has 2 N–H and O–H groups in total. The van der Waals surface area contributed by atoms with Crippen molar-refractivity contribution < 1.29 is 0 Å². The molecule has 0 aromatic carbocycles. The number of nitrogens with one attached hydrogen (secondary N) is 2. The Kier molecular flexibility index (Phi) is 6.55. The first kappa shape index (κ1) is 16.5. The van der Waals surface area contributed by atoms with E-state index in [0.717, 1.165) is 25.5 Å². The lowest BCUT2D eigenvalue weighted by atomic mass is 9.89. The lowest BCUT2D eigenvalue weighted by molar-refractivity contribution is 0.346. The topological polar surface area (TPSA) is 54.2 Å². The third kappa shape index (κ3) is 7.16. The molecule has 0 saturated carbocycles. The van der Waals surface area contributed by atoms with Crippen molar-refractivity contribution in [1.82, 2.24) is 20.2 Å². The van der Waals surface area contributed by atoms with Crippen molar-refractivity contribution >= 4 is 5.96 Å². The second-order valence-corrected chi connectivity index (χ2v) is 6.44. The van der Waals surface area contributed by atoms with Gasteiger partial charge in [-0.1, -0.05) is 20.8 Å². The van der Waals surface area contributed by atoms with Crippen LogP contribution >= 0.6 is 0 Å². The molecular weight excluding hydrogens is 250 g/mol. The van der Waals surface area contributed by atoms with Gasteiger partial charge in [-0.3, -0.25) is 4.99 Å². The summed E-state index contributed by atoms with van der Waals surface area (Å²) in [4.78, 5) is 8.29. The molecule has 0 spiro atoms. The Hall–Kier alpha value is -1.52. The van der Waals surface area contributed by atoms with Crippen LogP contribution in [-0.4, -0.2) is 35.1 Å². The molecule has 0 aliphatic rings. The van der Waals surface area contributed by atoms with Gasteiger partial charge in [0.25, 0.3) is 0 Å². The molecule has 0 aliphatic heterocycles. The Morgan fingerprint density at radius 1 is 1.40 bits per heavy atom. The van der Waals surface area contributed by atoms with Crippen molar-refractivity contribution in [3.05, 3.63) is 18.7 Å². The highest BCUT2D eigenvalue weighted by atomic mass is 15.2. The van der Waals surface area contributed by atoms with Gasteiger partial charge in [0.05, 0.1) is 6.33 Å². The molecule has 0 bridgehead atoms. The van der Waals surface area contributed by atoms with Crippen molar-refractivity contribution in [2.45, 2.75) is 53.1 Å². The fraction of sp³-hybridized carbons (Fsp3) is 0.733. The molecule has 0 amide bonds. The summed E-state index contributed by atoms with van der Waals surface area (Å²) in [5.74, 6) is 0.867. The van der Waals surface area contributed by atoms with E-state index in [-0.39, 0.29) is 0 Å². The second-order valence-electron chi connectivity index (χ2n) is 6.44. The highest BCUT2D eigenvalue weighted by molar-refractivity contribution is 5.79. The number of guanidine groups is 1. The van der Waals surface area contributed by atoms with Crippen molar-refractivity contribution in [3.8, 4) is 0 Å². The Morgan fingerprint density at radius 2 is 2.15 bits per heavy atom. The Labute approximate surface area is 122 Å². The van der Waals surface area contributed by atoms with Gasteiger partial charge in [-0.05, 0) is 25.2 Å². The minimum absolute atomic E-state index is 0.383. The average Bonchev–Trinajstić information content (AvgIpc) is 2.87. The standard InChI is InChI=1S/C15H29N5/c1-13(6-7-15(2,3)4)19-14(16-5)18-9-11-20-10-8-17-12-20/h8,10,12-13H,6-7,9,11H2,1-5H3,(H2,16,18,19). The van der Waals surface area contributed by atoms with Gasteiger partial charge >= 0.3 is 0 Å². The maximum atomic E-state index is 4.26. The van der Waals surface area contributed by atoms with E-state index < -0.39 is 0 Å². The summed E-state index contributed by atoms with van der Waals surface area (Å²) < 4.78 is 2.04. The highest BCUT2D eigenvalue weighted by Gasteiger charge is 2.13. The third-order valence-corrected chi connectivity index (χ3v) is 3.16. The number of aromatic nitrogens is 2. The minimum atomic E-state index is 0.383. The zero-order valence-corrected chi connectivity index (χ0v) is 13.5. The maximum absolute atomic E-state index is 4.26. The van der Waals surface area contributed by atoms with Crippen molar-refractivity contribution in [2.24, 2.45) is 10.4 Å². The fourth-order valence-electron chi connectivity index (χ4n) is 1.87. The van der Waals surface area contributed by atoms with E-state index >= 15 is 0 Å². The molecular formula is C15H29N5. The van der Waals surface area contributed by atoms with Crippen LogP contribution in [0.1, 0.15) is 40.5 Å². The van der Waals surface area contributed by atoms with Crippen LogP contribution in [0.15, 0.2) is 23.7 Å². The van der Waals surface area contributed by atoms with Gasteiger partial charge < -0.3 is 15.2 Å². The number of hydrogen-bond donors (Lipinski definition) is 2. The van der Waals surface area contributed by atoms with Gasteiger partial charge in [-0.2, -0.15) is 0 Å². The van der Waals surface area contributed by atoms with Crippen LogP contribution in [0.4, 0.5) is 0 Å². The molecule has 1 aromatic rings. The number of nitrogens with zero attached hydrogens (tertiary/aromatic N) is 3. The molecule has 1 atom stereocenters. The third-order valence-electron chi connectivity index (χ3n) is 3.16. The van der Waals surface area contributed by atoms with Crippen LogP contribution in [0, 0.1) is 5.41 Å². The van der Waals surface area contributed by atoms with Crippen LogP contribution in [0.3, 0.4) is 0 Å². The van der Waals surface area contributed by atoms with Crippen molar-refractivity contribution in [3.63, 3.8) is 0 Å². The van der Waals surface area contributed by atoms with Crippen LogP contribution in [0.5, 0.6) is 0 Å². The van der Waals surface area contributed by atoms with Gasteiger partial charge in [-0.25, -0.2) is 4.98 Å². The Balaban J connectivity index is 2.25. The maximum Gasteiger partial charge on any atom is 0.191 e. The normalized spacial score (nSPS) is 14.2. The van der Waals surface area contributed by atoms with E-state index in [2.05, 4.69) is 48.3 Å². The molecule has 5 nitrogen and oxygen atoms in total. The van der Waals surface area contributed by atoms with Gasteiger partial charge in [0.1, 0.15) is 0 Å². The number of aliphatic imine (C=N–C) groups is 1. The van der Waals surface area contributed by atoms with Crippen molar-refractivity contribution in [1.29, 1.82) is 0 Å². The summed E-state index contributed by atoms with van der Waals surface area (Å²) in [6.07, 6.45) is 7.92. The smallest absolute Gasteiger partial charge is 0.191 e. The molecule has 0 saturated heterocycles. The molecule has 1 unspecified atom stereocenters. The Morgan fingerprint density at radius 3 is 2.70 bits per heavy atom. The SMILES string of the molecule is CN=C(NCCn1ccnc1)NC(C)CCC(C)(C)C. The summed E-state index contributed by atoms with van der Waals surface area (Å²) in [7, 11) is 1.81. The second kappa shape index (κ2) is 7.92. The summed E-state index contributed by atoms with van der Waals surface area (Å²) in [5.41, 5.74) is 0.383. The van der Waals surface area contributed by atoms with Gasteiger partial charge in [0.15, 0.2) is 5.96 Å². The average molecular weight is 279 g/mol. The van der Waals surface area contributed by atoms with E-state index in [1.54, 1.807) is 6.20 Å². The first-order valence-electron chi connectivity index (χ1n) is 7.33. The summed E-state index contributed by atoms with van der Waals surface area (Å²) in [6.45, 7) is 10.8. The molecule has 1 heterocycles. The largest absolute Gasteiger partial charge is 0.355 e. The summed E-state index contributed by atoms with van der Waals surface area (Å²) in [6, 6.07) is 0.425.